The molecule has 1 rings (SSSR count). The second-order valence-electron chi connectivity index (χ2n) is 1.74. The monoisotopic (exact) mass is 238 g/mol. The van der Waals surface area contributed by atoms with E-state index in [0.717, 1.165) is 3.57 Å². The van der Waals surface area contributed by atoms with Crippen LogP contribution in [0, 0.1) is 9.39 Å². The summed E-state index contributed by atoms with van der Waals surface area (Å²) in [5.41, 5.74) is 3.94. The summed E-state index contributed by atoms with van der Waals surface area (Å²) in [6, 6.07) is 4.95. The molecule has 0 aliphatic heterocycles. The zero-order chi connectivity index (χ0) is 6.85. The molecule has 0 spiro atoms. The Hall–Kier alpha value is -0.160. The third-order valence-electron chi connectivity index (χ3n) is 1.02. The first kappa shape index (κ1) is 6.95. The van der Waals surface area contributed by atoms with Crippen molar-refractivity contribution in [2.45, 2.75) is 0 Å². The predicted molar refractivity (Wildman–Crippen MR) is 41.7 cm³/mol. The van der Waals surface area contributed by atoms with Crippen LogP contribution >= 0.6 is 22.6 Å². The number of rotatable bonds is 0. The third-order valence-corrected chi connectivity index (χ3v) is 1.69. The average molecular weight is 238 g/mol. The number of hydrogen-bond acceptors (Lipinski definition) is 0. The first-order valence-electron chi connectivity index (χ1n) is 2.47. The molecule has 0 amide bonds. The van der Waals surface area contributed by atoms with Gasteiger partial charge in [-0.05, 0) is 34.7 Å². The van der Waals surface area contributed by atoms with Gasteiger partial charge in [0.05, 0.1) is 0 Å². The Morgan fingerprint density at radius 2 is 2.11 bits per heavy atom. The molecule has 1 aromatic rings. The fraction of sp³-hybridized carbons (Fsp3) is 0. The van der Waals surface area contributed by atoms with E-state index >= 15 is 0 Å². The SMILES string of the molecule is [NH3+]c1ccc(I)cc1F. The number of benzene rings is 1. The van der Waals surface area contributed by atoms with E-state index in [1.54, 1.807) is 6.07 Å². The van der Waals surface area contributed by atoms with Crippen molar-refractivity contribution in [2.75, 3.05) is 0 Å². The predicted octanol–water partition coefficient (Wildman–Crippen LogP) is 1.30. The molecule has 0 aliphatic rings. The van der Waals surface area contributed by atoms with Crippen molar-refractivity contribution >= 4 is 28.3 Å². The molecule has 0 aliphatic carbocycles. The van der Waals surface area contributed by atoms with Crippen LogP contribution in [0.1, 0.15) is 0 Å². The fourth-order valence-corrected chi connectivity index (χ4v) is 0.975. The van der Waals surface area contributed by atoms with E-state index in [2.05, 4.69) is 28.3 Å². The standard InChI is InChI=1S/C6H5FIN/c7-5-3-4(8)1-2-6(5)9/h1-3H,9H2/p+1. The van der Waals surface area contributed by atoms with Crippen LogP contribution in [0.2, 0.25) is 0 Å². The first-order chi connectivity index (χ1) is 4.20. The van der Waals surface area contributed by atoms with Gasteiger partial charge < -0.3 is 5.73 Å². The van der Waals surface area contributed by atoms with E-state index in [4.69, 9.17) is 0 Å². The van der Waals surface area contributed by atoms with Gasteiger partial charge in [-0.25, -0.2) is 4.39 Å². The summed E-state index contributed by atoms with van der Waals surface area (Å²) in [5.74, 6) is -0.234. The van der Waals surface area contributed by atoms with Gasteiger partial charge in [0.15, 0.2) is 11.5 Å². The van der Waals surface area contributed by atoms with Crippen LogP contribution in [-0.2, 0) is 0 Å². The Morgan fingerprint density at radius 1 is 1.44 bits per heavy atom. The molecule has 0 atom stereocenters. The highest BCUT2D eigenvalue weighted by Gasteiger charge is 1.98. The molecule has 1 nitrogen and oxygen atoms in total. The van der Waals surface area contributed by atoms with E-state index in [-0.39, 0.29) is 5.82 Å². The lowest BCUT2D eigenvalue weighted by Gasteiger charge is -1.90. The summed E-state index contributed by atoms with van der Waals surface area (Å²) in [5, 5.41) is 0. The van der Waals surface area contributed by atoms with Crippen LogP contribution in [0.15, 0.2) is 18.2 Å². The van der Waals surface area contributed by atoms with Gasteiger partial charge in [0.25, 0.3) is 0 Å². The van der Waals surface area contributed by atoms with E-state index in [0.29, 0.717) is 5.69 Å². The Labute approximate surface area is 66.2 Å². The Morgan fingerprint density at radius 3 is 2.56 bits per heavy atom. The minimum absolute atomic E-state index is 0.234. The Balaban J connectivity index is 3.17. The second-order valence-corrected chi connectivity index (χ2v) is 2.98. The quantitative estimate of drug-likeness (QED) is 0.660. The van der Waals surface area contributed by atoms with Crippen LogP contribution in [0.4, 0.5) is 10.1 Å². The highest BCUT2D eigenvalue weighted by Crippen LogP contribution is 2.11. The van der Waals surface area contributed by atoms with Crippen LogP contribution < -0.4 is 5.73 Å². The normalized spacial score (nSPS) is 9.67. The molecule has 3 heteroatoms. The average Bonchev–Trinajstić information content (AvgIpc) is 1.80. The molecule has 0 fully saturated rings. The second kappa shape index (κ2) is 2.62. The largest absolute Gasteiger partial charge is 0.323 e. The van der Waals surface area contributed by atoms with E-state index in [9.17, 15) is 4.39 Å². The zero-order valence-electron chi connectivity index (χ0n) is 4.70. The highest BCUT2D eigenvalue weighted by molar-refractivity contribution is 14.1. The van der Waals surface area contributed by atoms with E-state index in [1.165, 1.54) is 6.07 Å². The first-order valence-corrected chi connectivity index (χ1v) is 3.55. The van der Waals surface area contributed by atoms with Gasteiger partial charge in [-0.2, -0.15) is 0 Å². The smallest absolute Gasteiger partial charge is 0.184 e. The number of quaternary nitrogens is 1. The molecule has 0 heterocycles. The Kier molecular flexibility index (Phi) is 2.02. The number of halogens is 2. The van der Waals surface area contributed by atoms with Crippen molar-refractivity contribution in [2.24, 2.45) is 0 Å². The van der Waals surface area contributed by atoms with Crippen LogP contribution in [0.25, 0.3) is 0 Å². The lowest BCUT2D eigenvalue weighted by Crippen LogP contribution is -2.41. The van der Waals surface area contributed by atoms with Crippen molar-refractivity contribution in [3.05, 3.63) is 27.6 Å². The van der Waals surface area contributed by atoms with Gasteiger partial charge in [0.2, 0.25) is 0 Å². The molecule has 1 aromatic carbocycles. The van der Waals surface area contributed by atoms with Gasteiger partial charge in [0, 0.05) is 9.64 Å². The summed E-state index contributed by atoms with van der Waals surface area (Å²) in [4.78, 5) is 0. The molecule has 0 saturated carbocycles. The molecule has 0 aromatic heterocycles. The molecule has 3 N–H and O–H groups in total. The summed E-state index contributed by atoms with van der Waals surface area (Å²) >= 11 is 2.05. The molecule has 9 heavy (non-hydrogen) atoms. The summed E-state index contributed by atoms with van der Waals surface area (Å²) in [6.45, 7) is 0. The molecule has 0 saturated heterocycles. The molecule has 0 unspecified atom stereocenters. The highest BCUT2D eigenvalue weighted by atomic mass is 127. The van der Waals surface area contributed by atoms with Crippen LogP contribution in [-0.4, -0.2) is 0 Å². The lowest BCUT2D eigenvalue weighted by molar-refractivity contribution is -0.258. The minimum Gasteiger partial charge on any atom is -0.323 e. The van der Waals surface area contributed by atoms with E-state index in [1.807, 2.05) is 6.07 Å². The van der Waals surface area contributed by atoms with Gasteiger partial charge >= 0.3 is 0 Å². The van der Waals surface area contributed by atoms with Gasteiger partial charge in [-0.1, -0.05) is 0 Å². The summed E-state index contributed by atoms with van der Waals surface area (Å²) < 4.78 is 13.4. The maximum atomic E-state index is 12.5. The maximum absolute atomic E-state index is 12.5. The van der Waals surface area contributed by atoms with Gasteiger partial charge in [0.1, 0.15) is 0 Å². The summed E-state index contributed by atoms with van der Waals surface area (Å²) in [7, 11) is 0. The van der Waals surface area contributed by atoms with Gasteiger partial charge in [-0.3, -0.25) is 0 Å². The maximum Gasteiger partial charge on any atom is 0.184 e. The van der Waals surface area contributed by atoms with Crippen LogP contribution in [0.3, 0.4) is 0 Å². The molecule has 0 bridgehead atoms. The Bertz CT molecular complexity index is 224. The molecule has 48 valence electrons. The lowest BCUT2D eigenvalue weighted by atomic mass is 10.3. The zero-order valence-corrected chi connectivity index (χ0v) is 6.85. The molecule has 0 radical (unpaired) electrons. The topological polar surface area (TPSA) is 27.6 Å². The number of hydrogen-bond donors (Lipinski definition) is 1. The fourth-order valence-electron chi connectivity index (χ4n) is 0.522. The van der Waals surface area contributed by atoms with Crippen molar-refractivity contribution in [3.63, 3.8) is 0 Å². The third kappa shape index (κ3) is 1.62. The van der Waals surface area contributed by atoms with Crippen molar-refractivity contribution in [1.29, 1.82) is 0 Å². The van der Waals surface area contributed by atoms with Crippen molar-refractivity contribution in [3.8, 4) is 0 Å². The van der Waals surface area contributed by atoms with Crippen molar-refractivity contribution < 1.29 is 10.1 Å². The summed E-state index contributed by atoms with van der Waals surface area (Å²) in [6.07, 6.45) is 0. The van der Waals surface area contributed by atoms with Gasteiger partial charge in [-0.15, -0.1) is 0 Å². The minimum atomic E-state index is -0.234. The molecular weight excluding hydrogens is 232 g/mol. The molecular formula is C6H6FIN+. The van der Waals surface area contributed by atoms with E-state index < -0.39 is 0 Å². The van der Waals surface area contributed by atoms with Crippen LogP contribution in [0.5, 0.6) is 0 Å². The van der Waals surface area contributed by atoms with Crippen molar-refractivity contribution in [1.82, 2.24) is 0 Å².